The SMILES string of the molecule is C(CN1CCOCC1)NN1CC[NH2+]CC1. The van der Waals surface area contributed by atoms with Crippen LogP contribution in [0.25, 0.3) is 0 Å². The average molecular weight is 215 g/mol. The van der Waals surface area contributed by atoms with Gasteiger partial charge >= 0.3 is 0 Å². The maximum atomic E-state index is 5.32. The summed E-state index contributed by atoms with van der Waals surface area (Å²) in [5.74, 6) is 0. The lowest BCUT2D eigenvalue weighted by Gasteiger charge is -2.29. The molecule has 0 amide bonds. The molecule has 0 unspecified atom stereocenters. The van der Waals surface area contributed by atoms with E-state index in [1.165, 1.54) is 26.2 Å². The van der Waals surface area contributed by atoms with Gasteiger partial charge in [-0.05, 0) is 0 Å². The Hall–Kier alpha value is -0.200. The molecule has 88 valence electrons. The number of hydrogen-bond donors (Lipinski definition) is 2. The van der Waals surface area contributed by atoms with Crippen LogP contribution in [-0.4, -0.2) is 75.5 Å². The van der Waals surface area contributed by atoms with Crippen LogP contribution in [0.1, 0.15) is 0 Å². The molecule has 3 N–H and O–H groups in total. The first kappa shape index (κ1) is 11.3. The highest BCUT2D eigenvalue weighted by atomic mass is 16.5. The molecule has 0 aromatic heterocycles. The Labute approximate surface area is 91.7 Å². The first-order chi connectivity index (χ1) is 7.45. The van der Waals surface area contributed by atoms with Gasteiger partial charge in [0.1, 0.15) is 0 Å². The summed E-state index contributed by atoms with van der Waals surface area (Å²) in [7, 11) is 0. The van der Waals surface area contributed by atoms with Gasteiger partial charge in [-0.2, -0.15) is 0 Å². The lowest BCUT2D eigenvalue weighted by molar-refractivity contribution is -0.664. The van der Waals surface area contributed by atoms with Crippen molar-refractivity contribution in [1.82, 2.24) is 15.3 Å². The van der Waals surface area contributed by atoms with Crippen LogP contribution >= 0.6 is 0 Å². The van der Waals surface area contributed by atoms with Gasteiger partial charge in [-0.3, -0.25) is 10.3 Å². The van der Waals surface area contributed by atoms with E-state index >= 15 is 0 Å². The minimum atomic E-state index is 0.901. The summed E-state index contributed by atoms with van der Waals surface area (Å²) in [4.78, 5) is 2.46. The van der Waals surface area contributed by atoms with E-state index in [2.05, 4.69) is 20.7 Å². The molecule has 0 atom stereocenters. The minimum absolute atomic E-state index is 0.901. The molecular weight excluding hydrogens is 192 g/mol. The highest BCUT2D eigenvalue weighted by Crippen LogP contribution is 1.94. The first-order valence-electron chi connectivity index (χ1n) is 6.05. The van der Waals surface area contributed by atoms with Crippen LogP contribution in [-0.2, 0) is 4.74 Å². The topological polar surface area (TPSA) is 44.4 Å². The molecule has 0 saturated carbocycles. The molecule has 5 heteroatoms. The van der Waals surface area contributed by atoms with Crippen molar-refractivity contribution < 1.29 is 10.1 Å². The maximum absolute atomic E-state index is 5.32. The summed E-state index contributed by atoms with van der Waals surface area (Å²) < 4.78 is 5.32. The fourth-order valence-electron chi connectivity index (χ4n) is 2.10. The number of nitrogens with one attached hydrogen (secondary N) is 1. The van der Waals surface area contributed by atoms with Crippen molar-refractivity contribution in [2.24, 2.45) is 0 Å². The van der Waals surface area contributed by atoms with Gasteiger partial charge in [0, 0.05) is 26.2 Å². The second-order valence-electron chi connectivity index (χ2n) is 4.22. The van der Waals surface area contributed by atoms with Crippen LogP contribution in [0.4, 0.5) is 0 Å². The fourth-order valence-corrected chi connectivity index (χ4v) is 2.10. The van der Waals surface area contributed by atoms with E-state index in [1.807, 2.05) is 0 Å². The largest absolute Gasteiger partial charge is 0.379 e. The third-order valence-electron chi connectivity index (χ3n) is 3.07. The first-order valence-corrected chi connectivity index (χ1v) is 6.05. The summed E-state index contributed by atoms with van der Waals surface area (Å²) in [5, 5.41) is 4.72. The fraction of sp³-hybridized carbons (Fsp3) is 1.00. The molecule has 2 fully saturated rings. The van der Waals surface area contributed by atoms with E-state index in [-0.39, 0.29) is 0 Å². The maximum Gasteiger partial charge on any atom is 0.0899 e. The van der Waals surface area contributed by atoms with Crippen LogP contribution in [0.15, 0.2) is 0 Å². The van der Waals surface area contributed by atoms with Crippen LogP contribution in [0.5, 0.6) is 0 Å². The molecule has 0 radical (unpaired) electrons. The van der Waals surface area contributed by atoms with Crippen LogP contribution in [0.3, 0.4) is 0 Å². The molecule has 2 heterocycles. The standard InChI is InChI=1S/C10H22N4O/c1-5-14(6-2-11-1)12-3-4-13-7-9-15-10-8-13/h11-12H,1-10H2/p+1. The number of rotatable bonds is 4. The molecule has 0 bridgehead atoms. The number of quaternary nitrogens is 1. The number of nitrogens with two attached hydrogens (primary N) is 1. The van der Waals surface area contributed by atoms with Gasteiger partial charge in [0.25, 0.3) is 0 Å². The van der Waals surface area contributed by atoms with E-state index in [9.17, 15) is 0 Å². The van der Waals surface area contributed by atoms with E-state index in [0.29, 0.717) is 0 Å². The van der Waals surface area contributed by atoms with Gasteiger partial charge in [-0.15, -0.1) is 0 Å². The molecule has 15 heavy (non-hydrogen) atoms. The van der Waals surface area contributed by atoms with Gasteiger partial charge < -0.3 is 10.1 Å². The molecule has 2 aliphatic heterocycles. The average Bonchev–Trinajstić information content (AvgIpc) is 2.32. The summed E-state index contributed by atoms with van der Waals surface area (Å²) >= 11 is 0. The van der Waals surface area contributed by atoms with Crippen molar-refractivity contribution in [3.63, 3.8) is 0 Å². The number of morpholine rings is 1. The number of ether oxygens (including phenoxy) is 1. The van der Waals surface area contributed by atoms with Crippen molar-refractivity contribution in [2.75, 3.05) is 65.6 Å². The Bertz CT molecular complexity index is 149. The molecule has 0 aromatic carbocycles. The van der Waals surface area contributed by atoms with E-state index in [1.54, 1.807) is 0 Å². The van der Waals surface area contributed by atoms with Crippen molar-refractivity contribution in [2.45, 2.75) is 0 Å². The normalized spacial score (nSPS) is 25.6. The van der Waals surface area contributed by atoms with Gasteiger partial charge in [0.2, 0.25) is 0 Å². The zero-order valence-corrected chi connectivity index (χ0v) is 9.45. The second kappa shape index (κ2) is 6.40. The van der Waals surface area contributed by atoms with Gasteiger partial charge in [0.05, 0.1) is 39.4 Å². The third kappa shape index (κ3) is 4.04. The molecular formula is C10H23N4O+. The molecule has 2 rings (SSSR count). The summed E-state index contributed by atoms with van der Waals surface area (Å²) in [6, 6.07) is 0. The number of hydrazine groups is 1. The lowest BCUT2D eigenvalue weighted by Crippen LogP contribution is -2.90. The van der Waals surface area contributed by atoms with E-state index < -0.39 is 0 Å². The Morgan fingerprint density at radius 2 is 1.80 bits per heavy atom. The quantitative estimate of drug-likeness (QED) is 0.554. The Morgan fingerprint density at radius 3 is 2.53 bits per heavy atom. The lowest BCUT2D eigenvalue weighted by atomic mass is 10.4. The number of hydrogen-bond acceptors (Lipinski definition) is 4. The monoisotopic (exact) mass is 215 g/mol. The van der Waals surface area contributed by atoms with Gasteiger partial charge in [-0.25, -0.2) is 5.01 Å². The highest BCUT2D eigenvalue weighted by Gasteiger charge is 2.13. The Balaban J connectivity index is 1.53. The van der Waals surface area contributed by atoms with Gasteiger partial charge in [-0.1, -0.05) is 0 Å². The number of piperazine rings is 1. The van der Waals surface area contributed by atoms with Crippen LogP contribution < -0.4 is 10.7 Å². The predicted molar refractivity (Wildman–Crippen MR) is 58.5 cm³/mol. The smallest absolute Gasteiger partial charge is 0.0899 e. The Morgan fingerprint density at radius 1 is 1.07 bits per heavy atom. The van der Waals surface area contributed by atoms with Crippen molar-refractivity contribution in [1.29, 1.82) is 0 Å². The molecule has 5 nitrogen and oxygen atoms in total. The summed E-state index contributed by atoms with van der Waals surface area (Å²) in [5.41, 5.74) is 3.50. The van der Waals surface area contributed by atoms with E-state index in [0.717, 1.165) is 39.4 Å². The highest BCUT2D eigenvalue weighted by molar-refractivity contribution is 4.63. The van der Waals surface area contributed by atoms with Crippen molar-refractivity contribution in [3.05, 3.63) is 0 Å². The van der Waals surface area contributed by atoms with E-state index in [4.69, 9.17) is 4.74 Å². The molecule has 0 spiro atoms. The van der Waals surface area contributed by atoms with Gasteiger partial charge in [0.15, 0.2) is 0 Å². The Kier molecular flexibility index (Phi) is 4.82. The molecule has 0 aliphatic carbocycles. The summed E-state index contributed by atoms with van der Waals surface area (Å²) in [6.45, 7) is 11.0. The van der Waals surface area contributed by atoms with Crippen LogP contribution in [0, 0.1) is 0 Å². The third-order valence-corrected chi connectivity index (χ3v) is 3.07. The van der Waals surface area contributed by atoms with Crippen molar-refractivity contribution >= 4 is 0 Å². The van der Waals surface area contributed by atoms with Crippen molar-refractivity contribution in [3.8, 4) is 0 Å². The second-order valence-corrected chi connectivity index (χ2v) is 4.22. The zero-order chi connectivity index (χ0) is 10.3. The summed E-state index contributed by atoms with van der Waals surface area (Å²) in [6.07, 6.45) is 0. The molecule has 2 saturated heterocycles. The predicted octanol–water partition coefficient (Wildman–Crippen LogP) is -2.30. The molecule has 0 aromatic rings. The number of nitrogens with zero attached hydrogens (tertiary/aromatic N) is 2. The molecule has 2 aliphatic rings. The van der Waals surface area contributed by atoms with Crippen LogP contribution in [0.2, 0.25) is 0 Å². The zero-order valence-electron chi connectivity index (χ0n) is 9.45. The minimum Gasteiger partial charge on any atom is -0.379 e.